The lowest BCUT2D eigenvalue weighted by Gasteiger charge is -2.32. The number of nitrogens with zero attached hydrogens (tertiary/aromatic N) is 1. The predicted molar refractivity (Wildman–Crippen MR) is 117 cm³/mol. The largest absolute Gasteiger partial charge is 0.449 e. The van der Waals surface area contributed by atoms with Crippen LogP contribution < -0.4 is 4.72 Å². The van der Waals surface area contributed by atoms with Crippen molar-refractivity contribution in [3.8, 4) is 0 Å². The highest BCUT2D eigenvalue weighted by Crippen LogP contribution is 2.16. The van der Waals surface area contributed by atoms with Crippen molar-refractivity contribution in [3.05, 3.63) is 52.2 Å². The molecule has 1 aromatic carbocycles. The Hall–Kier alpha value is -2.23. The number of amides is 1. The standard InChI is InChI=1S/C21H28N2O5S2/c1-14(2)23(15(3)4)20(24)16(5)28-21(25)17-8-6-10-19(12-17)30(26,27)22-13-18-9-7-11-29-18/h6-12,14-16,22H,13H2,1-5H3. The first-order valence-electron chi connectivity index (χ1n) is 9.68. The van der Waals surface area contributed by atoms with Crippen molar-refractivity contribution in [2.24, 2.45) is 0 Å². The number of benzene rings is 1. The van der Waals surface area contributed by atoms with Crippen LogP contribution in [0.15, 0.2) is 46.7 Å². The van der Waals surface area contributed by atoms with E-state index in [1.54, 1.807) is 4.90 Å². The first-order chi connectivity index (χ1) is 14.0. The Balaban J connectivity index is 2.10. The second-order valence-electron chi connectivity index (χ2n) is 7.41. The summed E-state index contributed by atoms with van der Waals surface area (Å²) in [6, 6.07) is 9.17. The van der Waals surface area contributed by atoms with E-state index in [-0.39, 0.29) is 35.0 Å². The van der Waals surface area contributed by atoms with Crippen LogP contribution in [0.5, 0.6) is 0 Å². The van der Waals surface area contributed by atoms with Crippen LogP contribution in [0.4, 0.5) is 0 Å². The monoisotopic (exact) mass is 452 g/mol. The van der Waals surface area contributed by atoms with Gasteiger partial charge in [-0.2, -0.15) is 0 Å². The first kappa shape index (κ1) is 24.0. The van der Waals surface area contributed by atoms with E-state index >= 15 is 0 Å². The van der Waals surface area contributed by atoms with Gasteiger partial charge in [0.25, 0.3) is 5.91 Å². The summed E-state index contributed by atoms with van der Waals surface area (Å²) in [6.45, 7) is 9.25. The summed E-state index contributed by atoms with van der Waals surface area (Å²) in [6.07, 6.45) is -0.987. The second-order valence-corrected chi connectivity index (χ2v) is 10.2. The van der Waals surface area contributed by atoms with E-state index in [1.807, 2.05) is 45.2 Å². The number of carbonyl (C=O) groups excluding carboxylic acids is 2. The molecule has 0 aliphatic heterocycles. The van der Waals surface area contributed by atoms with E-state index in [0.717, 1.165) is 4.88 Å². The molecule has 1 aromatic heterocycles. The van der Waals surface area contributed by atoms with Crippen LogP contribution >= 0.6 is 11.3 Å². The summed E-state index contributed by atoms with van der Waals surface area (Å²) in [5.41, 5.74) is 0.0642. The summed E-state index contributed by atoms with van der Waals surface area (Å²) in [7, 11) is -3.80. The number of carbonyl (C=O) groups is 2. The van der Waals surface area contributed by atoms with Crippen LogP contribution in [0.2, 0.25) is 0 Å². The molecule has 30 heavy (non-hydrogen) atoms. The van der Waals surface area contributed by atoms with Gasteiger partial charge in [-0.3, -0.25) is 4.79 Å². The third kappa shape index (κ3) is 6.13. The minimum Gasteiger partial charge on any atom is -0.449 e. The Kier molecular flexibility index (Phi) is 8.17. The summed E-state index contributed by atoms with van der Waals surface area (Å²) in [5.74, 6) is -1.05. The Bertz CT molecular complexity index is 961. The molecule has 1 amide bonds. The first-order valence-corrected chi connectivity index (χ1v) is 12.0. The third-order valence-electron chi connectivity index (χ3n) is 4.40. The van der Waals surface area contributed by atoms with Gasteiger partial charge in [-0.25, -0.2) is 17.9 Å². The number of sulfonamides is 1. The maximum atomic E-state index is 12.7. The van der Waals surface area contributed by atoms with Crippen LogP contribution in [-0.2, 0) is 26.1 Å². The minimum atomic E-state index is -3.80. The second kappa shape index (κ2) is 10.2. The van der Waals surface area contributed by atoms with Gasteiger partial charge in [0.05, 0.1) is 10.5 Å². The molecule has 7 nitrogen and oxygen atoms in total. The highest BCUT2D eigenvalue weighted by molar-refractivity contribution is 7.89. The number of esters is 1. The molecule has 1 N–H and O–H groups in total. The van der Waals surface area contributed by atoms with Gasteiger partial charge in [0.15, 0.2) is 6.10 Å². The highest BCUT2D eigenvalue weighted by Gasteiger charge is 2.28. The molecule has 0 saturated heterocycles. The molecule has 0 bridgehead atoms. The van der Waals surface area contributed by atoms with Gasteiger partial charge < -0.3 is 9.64 Å². The molecule has 1 atom stereocenters. The van der Waals surface area contributed by atoms with Crippen LogP contribution in [0.3, 0.4) is 0 Å². The summed E-state index contributed by atoms with van der Waals surface area (Å²) in [5, 5.41) is 1.86. The molecule has 0 fully saturated rings. The van der Waals surface area contributed by atoms with Crippen molar-refractivity contribution in [2.45, 2.75) is 64.2 Å². The van der Waals surface area contributed by atoms with E-state index in [9.17, 15) is 18.0 Å². The van der Waals surface area contributed by atoms with Crippen LogP contribution in [-0.4, -0.2) is 43.4 Å². The van der Waals surface area contributed by atoms with Crippen molar-refractivity contribution in [1.29, 1.82) is 0 Å². The molecule has 2 aromatic rings. The fourth-order valence-corrected chi connectivity index (χ4v) is 4.84. The molecular formula is C21H28N2O5S2. The van der Waals surface area contributed by atoms with Crippen molar-refractivity contribution >= 4 is 33.2 Å². The van der Waals surface area contributed by atoms with Crippen molar-refractivity contribution in [3.63, 3.8) is 0 Å². The number of thiophene rings is 1. The number of nitrogens with one attached hydrogen (secondary N) is 1. The molecule has 9 heteroatoms. The minimum absolute atomic E-state index is 0.0402. The average Bonchev–Trinajstić information content (AvgIpc) is 3.19. The van der Waals surface area contributed by atoms with E-state index in [0.29, 0.717) is 0 Å². The molecule has 164 valence electrons. The lowest BCUT2D eigenvalue weighted by atomic mass is 10.2. The number of ether oxygens (including phenoxy) is 1. The van der Waals surface area contributed by atoms with E-state index in [4.69, 9.17) is 4.74 Å². The fourth-order valence-electron chi connectivity index (χ4n) is 3.05. The predicted octanol–water partition coefficient (Wildman–Crippen LogP) is 3.42. The molecular weight excluding hydrogens is 424 g/mol. The van der Waals surface area contributed by atoms with Gasteiger partial charge in [0.2, 0.25) is 10.0 Å². The number of hydrogen-bond acceptors (Lipinski definition) is 6. The molecule has 0 radical (unpaired) electrons. The summed E-state index contributed by atoms with van der Waals surface area (Å²) < 4.78 is 32.9. The average molecular weight is 453 g/mol. The van der Waals surface area contributed by atoms with Gasteiger partial charge in [-0.05, 0) is 64.3 Å². The molecule has 0 spiro atoms. The fraction of sp³-hybridized carbons (Fsp3) is 0.429. The topological polar surface area (TPSA) is 92.8 Å². The lowest BCUT2D eigenvalue weighted by molar-refractivity contribution is -0.143. The molecule has 1 heterocycles. The van der Waals surface area contributed by atoms with Gasteiger partial charge >= 0.3 is 5.97 Å². The van der Waals surface area contributed by atoms with Gasteiger partial charge in [0.1, 0.15) is 0 Å². The van der Waals surface area contributed by atoms with E-state index < -0.39 is 22.1 Å². The van der Waals surface area contributed by atoms with Crippen molar-refractivity contribution in [1.82, 2.24) is 9.62 Å². The molecule has 0 aliphatic rings. The smallest absolute Gasteiger partial charge is 0.338 e. The molecule has 0 aliphatic carbocycles. The van der Waals surface area contributed by atoms with Crippen molar-refractivity contribution in [2.75, 3.05) is 0 Å². The van der Waals surface area contributed by atoms with E-state index in [1.165, 1.54) is 42.5 Å². The number of rotatable bonds is 9. The highest BCUT2D eigenvalue weighted by atomic mass is 32.2. The Morgan fingerprint density at radius 2 is 1.73 bits per heavy atom. The zero-order valence-corrected chi connectivity index (χ0v) is 19.4. The molecule has 1 unspecified atom stereocenters. The normalized spacial score (nSPS) is 12.8. The molecule has 2 rings (SSSR count). The Morgan fingerprint density at radius 1 is 1.07 bits per heavy atom. The lowest BCUT2D eigenvalue weighted by Crippen LogP contribution is -2.47. The Morgan fingerprint density at radius 3 is 2.30 bits per heavy atom. The van der Waals surface area contributed by atoms with Gasteiger partial charge in [0, 0.05) is 23.5 Å². The maximum Gasteiger partial charge on any atom is 0.338 e. The van der Waals surface area contributed by atoms with E-state index in [2.05, 4.69) is 4.72 Å². The van der Waals surface area contributed by atoms with Crippen LogP contribution in [0.1, 0.15) is 49.9 Å². The van der Waals surface area contributed by atoms with Crippen molar-refractivity contribution < 1.29 is 22.7 Å². The van der Waals surface area contributed by atoms with Gasteiger partial charge in [-0.15, -0.1) is 11.3 Å². The zero-order valence-electron chi connectivity index (χ0n) is 17.8. The zero-order chi connectivity index (χ0) is 22.5. The maximum absolute atomic E-state index is 12.7. The summed E-state index contributed by atoms with van der Waals surface area (Å²) in [4.78, 5) is 27.7. The van der Waals surface area contributed by atoms with Gasteiger partial charge in [-0.1, -0.05) is 12.1 Å². The van der Waals surface area contributed by atoms with Crippen LogP contribution in [0.25, 0.3) is 0 Å². The van der Waals surface area contributed by atoms with Crippen LogP contribution in [0, 0.1) is 0 Å². The summed E-state index contributed by atoms with van der Waals surface area (Å²) >= 11 is 1.45. The number of hydrogen-bond donors (Lipinski definition) is 1. The molecule has 0 saturated carbocycles. The third-order valence-corrected chi connectivity index (χ3v) is 6.67. The quantitative estimate of drug-likeness (QED) is 0.589. The SMILES string of the molecule is CC(OC(=O)c1cccc(S(=O)(=O)NCc2cccs2)c1)C(=O)N(C(C)C)C(C)C. The Labute approximate surface area is 182 Å².